The number of phenols is 1. The van der Waals surface area contributed by atoms with Gasteiger partial charge in [0.2, 0.25) is 47.3 Å². The number of aliphatic hydroxyl groups excluding tert-OH is 3. The average Bonchev–Trinajstić information content (AvgIpc) is 3.82. The molecule has 2 aromatic rings. The van der Waals surface area contributed by atoms with Crippen molar-refractivity contribution >= 4 is 74.9 Å². The van der Waals surface area contributed by atoms with E-state index in [1.165, 1.54) is 25.1 Å². The van der Waals surface area contributed by atoms with Gasteiger partial charge in [0.15, 0.2) is 0 Å². The van der Waals surface area contributed by atoms with Crippen LogP contribution >= 0.6 is 0 Å². The van der Waals surface area contributed by atoms with Crippen LogP contribution in [-0.4, -0.2) is 173 Å². The van der Waals surface area contributed by atoms with E-state index < -0.39 is 176 Å². The van der Waals surface area contributed by atoms with Crippen LogP contribution in [0.2, 0.25) is 0 Å². The van der Waals surface area contributed by atoms with Gasteiger partial charge in [0.05, 0.1) is 60.4 Å². The summed E-state index contributed by atoms with van der Waals surface area (Å²) in [5, 5.41) is 68.3. The number of fused-ring (bicyclic) bond motifs is 5. The highest BCUT2D eigenvalue weighted by Gasteiger charge is 2.45. The third-order valence-electron chi connectivity index (χ3n) is 11.5. The first-order chi connectivity index (χ1) is 30.2. The zero-order valence-corrected chi connectivity index (χ0v) is 35.9. The van der Waals surface area contributed by atoms with E-state index in [4.69, 9.17) is 0 Å². The molecule has 0 saturated carbocycles. The molecular weight excluding hydrogens is 867 g/mol. The average molecular weight is 920 g/mol. The first-order valence-electron chi connectivity index (χ1n) is 20.5. The maximum Gasteiger partial charge on any atom is 0.305 e. The number of carbonyl (C=O) groups excluding carboxylic acids is 8. The molecule has 4 heterocycles. The minimum atomic E-state index is -2.41. The summed E-state index contributed by atoms with van der Waals surface area (Å²) in [5.74, 6) is -12.9. The summed E-state index contributed by atoms with van der Waals surface area (Å²) in [5.41, 5.74) is 0.220. The van der Waals surface area contributed by atoms with E-state index in [9.17, 15) is 72.9 Å². The number of H-pyrrole nitrogens is 1. The summed E-state index contributed by atoms with van der Waals surface area (Å²) in [6.07, 6.45) is -4.74. The van der Waals surface area contributed by atoms with Gasteiger partial charge < -0.3 is 72.6 Å². The van der Waals surface area contributed by atoms with Gasteiger partial charge in [-0.15, -0.1) is 0 Å². The van der Waals surface area contributed by atoms with Crippen molar-refractivity contribution in [2.45, 2.75) is 99.9 Å². The highest BCUT2D eigenvalue weighted by Crippen LogP contribution is 2.30. The topological polar surface area (TPSA) is 375 Å². The number of aliphatic hydroxyl groups is 3. The largest absolute Gasteiger partial charge is 0.508 e. The number of amides is 8. The molecule has 0 aliphatic carbocycles. The monoisotopic (exact) mass is 919 g/mol. The van der Waals surface area contributed by atoms with Crippen molar-refractivity contribution in [2.24, 2.45) is 11.8 Å². The second kappa shape index (κ2) is 21.0. The lowest BCUT2D eigenvalue weighted by molar-refractivity contribution is -0.146. The van der Waals surface area contributed by atoms with Gasteiger partial charge in [0.25, 0.3) is 0 Å². The highest BCUT2D eigenvalue weighted by molar-refractivity contribution is 7.85. The lowest BCUT2D eigenvalue weighted by Gasteiger charge is -2.32. The van der Waals surface area contributed by atoms with Crippen molar-refractivity contribution < 1.29 is 72.9 Å². The number of benzene rings is 1. The molecular formula is C39H53N9O15S. The summed E-state index contributed by atoms with van der Waals surface area (Å²) in [6, 6.07) is -6.28. The SMILES string of the molecule is CC[C@H](C)[C@@H]1NC(=O)CNC(=O)[C@@H]2Cc3c([nH]c4cc(O)ccc34)[S@@](=O)C[C@@H](NC(=O)CNC1=O)C(=O)N[C@@H](CC(=O)O)C(=O)N1C[C@@H](O)C[C@H]1C(=O)N[C@@H]([C@@H](C)[C@@H](O)CO)C(=O)N2. The Hall–Kier alpha value is -6.18. The third kappa shape index (κ3) is 11.5. The van der Waals surface area contributed by atoms with Crippen LogP contribution in [0.15, 0.2) is 23.2 Å². The van der Waals surface area contributed by atoms with Crippen LogP contribution in [0.5, 0.6) is 5.75 Å². The van der Waals surface area contributed by atoms with Gasteiger partial charge in [-0.25, -0.2) is 0 Å². The second-order valence-electron chi connectivity index (χ2n) is 16.1. The van der Waals surface area contributed by atoms with Crippen LogP contribution < -0.4 is 37.2 Å². The molecule has 0 unspecified atom stereocenters. The van der Waals surface area contributed by atoms with Gasteiger partial charge in [0.1, 0.15) is 47.0 Å². The number of nitrogens with zero attached hydrogens (tertiary/aromatic N) is 1. The number of rotatable bonds is 7. The van der Waals surface area contributed by atoms with Crippen molar-refractivity contribution in [2.75, 3.05) is 32.0 Å². The van der Waals surface area contributed by atoms with Gasteiger partial charge in [-0.05, 0) is 23.6 Å². The minimum absolute atomic E-state index is 0.0635. The molecule has 3 aliphatic heterocycles. The number of aromatic nitrogens is 1. The van der Waals surface area contributed by atoms with Gasteiger partial charge in [-0.2, -0.15) is 0 Å². The Morgan fingerprint density at radius 3 is 2.19 bits per heavy atom. The van der Waals surface area contributed by atoms with E-state index in [1.807, 2.05) is 0 Å². The Morgan fingerprint density at radius 1 is 0.859 bits per heavy atom. The van der Waals surface area contributed by atoms with Crippen LogP contribution in [0, 0.1) is 11.8 Å². The maximum atomic E-state index is 14.5. The van der Waals surface area contributed by atoms with Crippen LogP contribution in [0.25, 0.3) is 10.9 Å². The Kier molecular flexibility index (Phi) is 16.0. The number of hydrogen-bond donors (Lipinski definition) is 13. The number of carbonyl (C=O) groups is 9. The summed E-state index contributed by atoms with van der Waals surface area (Å²) < 4.78 is 14.5. The molecule has 11 atom stereocenters. The van der Waals surface area contributed by atoms with Gasteiger partial charge in [0, 0.05) is 36.8 Å². The van der Waals surface area contributed by atoms with Crippen molar-refractivity contribution in [3.8, 4) is 5.75 Å². The van der Waals surface area contributed by atoms with E-state index in [0.29, 0.717) is 6.42 Å². The van der Waals surface area contributed by atoms with Crippen molar-refractivity contribution in [1.82, 2.24) is 47.1 Å². The molecule has 350 valence electrons. The lowest BCUT2D eigenvalue weighted by atomic mass is 9.93. The van der Waals surface area contributed by atoms with E-state index in [1.54, 1.807) is 13.8 Å². The molecule has 5 rings (SSSR count). The zero-order chi connectivity index (χ0) is 47.2. The first-order valence-corrected chi connectivity index (χ1v) is 21.8. The smallest absolute Gasteiger partial charge is 0.305 e. The zero-order valence-electron chi connectivity index (χ0n) is 35.0. The molecule has 1 saturated heterocycles. The normalized spacial score (nSPS) is 28.5. The third-order valence-corrected chi connectivity index (χ3v) is 12.9. The fraction of sp³-hybridized carbons (Fsp3) is 0.564. The van der Waals surface area contributed by atoms with Crippen molar-refractivity contribution in [1.29, 1.82) is 0 Å². The van der Waals surface area contributed by atoms with Crippen molar-refractivity contribution in [3.63, 3.8) is 0 Å². The number of aromatic hydroxyl groups is 1. The number of carboxylic acid groups (broad SMARTS) is 1. The number of aromatic amines is 1. The number of phenolic OH excluding ortho intramolecular Hbond substituents is 1. The molecule has 1 aromatic carbocycles. The quantitative estimate of drug-likeness (QED) is 0.123. The van der Waals surface area contributed by atoms with Gasteiger partial charge >= 0.3 is 5.97 Å². The van der Waals surface area contributed by atoms with E-state index in [2.05, 4.69) is 42.2 Å². The van der Waals surface area contributed by atoms with Crippen LogP contribution in [0.3, 0.4) is 0 Å². The fourth-order valence-corrected chi connectivity index (χ4v) is 9.07. The van der Waals surface area contributed by atoms with Gasteiger partial charge in [-0.3, -0.25) is 47.4 Å². The van der Waals surface area contributed by atoms with E-state index in [-0.39, 0.29) is 27.2 Å². The van der Waals surface area contributed by atoms with Crippen LogP contribution in [0.4, 0.5) is 0 Å². The Balaban J connectivity index is 1.73. The molecule has 24 nitrogen and oxygen atoms in total. The first kappa shape index (κ1) is 48.8. The summed E-state index contributed by atoms with van der Waals surface area (Å²) >= 11 is 0. The van der Waals surface area contributed by atoms with Gasteiger partial charge in [-0.1, -0.05) is 27.2 Å². The lowest BCUT2D eigenvalue weighted by Crippen LogP contribution is -2.62. The van der Waals surface area contributed by atoms with E-state index in [0.717, 1.165) is 4.90 Å². The number of nitrogens with one attached hydrogen (secondary N) is 8. The summed E-state index contributed by atoms with van der Waals surface area (Å²) in [6.45, 7) is 1.64. The summed E-state index contributed by atoms with van der Waals surface area (Å²) in [7, 11) is -2.41. The molecule has 2 bridgehead atoms. The van der Waals surface area contributed by atoms with Crippen LogP contribution in [0.1, 0.15) is 45.6 Å². The second-order valence-corrected chi connectivity index (χ2v) is 17.5. The molecule has 13 N–H and O–H groups in total. The molecule has 3 aliphatic rings. The van der Waals surface area contributed by atoms with Crippen molar-refractivity contribution in [3.05, 3.63) is 23.8 Å². The summed E-state index contributed by atoms with van der Waals surface area (Å²) in [4.78, 5) is 127. The minimum Gasteiger partial charge on any atom is -0.508 e. The predicted molar refractivity (Wildman–Crippen MR) is 221 cm³/mol. The molecule has 25 heteroatoms. The molecule has 1 aromatic heterocycles. The molecule has 8 amide bonds. The standard InChI is InChI=1S/C39H53N9O15S/c1-4-16(2)31-36(60)41-11-28(53)42-25-15-64(63)38-21(20-6-5-18(50)7-22(20)45-38)9-23(33(57)40-12-29(54)46-31)43-37(61)32(17(3)27(52)14-49)47-35(59)26-8-19(51)13-48(26)39(62)24(10-30(55)56)44-34(25)58/h5-7,16-17,19,23-27,31-32,45,49-52H,4,8-15H2,1-3H3,(H,40,57)(H,41,60)(H,42,53)(H,43,61)(H,44,58)(H,46,54)(H,47,59)(H,55,56)/t16-,17-,19-,23-,24-,25+,26-,27-,31-,32-,64-/m0/s1. The highest BCUT2D eigenvalue weighted by atomic mass is 32.2. The number of aliphatic carboxylic acids is 1. The number of carboxylic acids is 1. The fourth-order valence-electron chi connectivity index (χ4n) is 7.67. The Labute approximate surface area is 367 Å². The Morgan fingerprint density at radius 2 is 1.53 bits per heavy atom. The van der Waals surface area contributed by atoms with Crippen LogP contribution in [-0.2, 0) is 60.4 Å². The molecule has 0 spiro atoms. The molecule has 1 fully saturated rings. The molecule has 0 radical (unpaired) electrons. The predicted octanol–water partition coefficient (Wildman–Crippen LogP) is -5.32. The maximum absolute atomic E-state index is 14.5. The Bertz CT molecular complexity index is 2200. The van der Waals surface area contributed by atoms with E-state index >= 15 is 0 Å². The number of hydrogen-bond acceptors (Lipinski definition) is 14. The molecule has 64 heavy (non-hydrogen) atoms.